The summed E-state index contributed by atoms with van der Waals surface area (Å²) in [5, 5.41) is 7.81. The molecule has 1 fully saturated rings. The van der Waals surface area contributed by atoms with E-state index in [0.29, 0.717) is 16.8 Å². The van der Waals surface area contributed by atoms with Gasteiger partial charge < -0.3 is 10.1 Å². The Balaban J connectivity index is 1.60. The summed E-state index contributed by atoms with van der Waals surface area (Å²) in [5.74, 6) is -0.0976. The summed E-state index contributed by atoms with van der Waals surface area (Å²) in [4.78, 5) is 12.1. The number of nitrogens with one attached hydrogen (secondary N) is 1. The number of hydrogen-bond donors (Lipinski definition) is 1. The van der Waals surface area contributed by atoms with E-state index in [2.05, 4.69) is 10.4 Å². The standard InChI is InChI=1S/C16H18ClN3O2/c17-15-4-2-1-3-12(15)9-16(21)19-13-10-18-20(11-13)14-5-7-22-8-6-14/h1-4,10-11,14H,5-9H2,(H,19,21). The van der Waals surface area contributed by atoms with Crippen molar-refractivity contribution in [3.05, 3.63) is 47.2 Å². The first-order valence-corrected chi connectivity index (χ1v) is 7.75. The van der Waals surface area contributed by atoms with Crippen LogP contribution in [0.5, 0.6) is 0 Å². The SMILES string of the molecule is O=C(Cc1ccccc1Cl)Nc1cnn(C2CCOCC2)c1. The van der Waals surface area contributed by atoms with E-state index in [1.54, 1.807) is 12.3 Å². The molecule has 1 amide bonds. The summed E-state index contributed by atoms with van der Waals surface area (Å²) in [6, 6.07) is 7.71. The average molecular weight is 320 g/mol. The molecule has 116 valence electrons. The van der Waals surface area contributed by atoms with Gasteiger partial charge in [0, 0.05) is 24.4 Å². The number of hydrogen-bond acceptors (Lipinski definition) is 3. The molecule has 0 atom stereocenters. The lowest BCUT2D eigenvalue weighted by Crippen LogP contribution is -2.20. The molecule has 1 N–H and O–H groups in total. The molecule has 1 aliphatic rings. The number of aromatic nitrogens is 2. The summed E-state index contributed by atoms with van der Waals surface area (Å²) in [7, 11) is 0. The maximum absolute atomic E-state index is 12.1. The molecule has 6 heteroatoms. The van der Waals surface area contributed by atoms with Crippen molar-refractivity contribution in [1.29, 1.82) is 0 Å². The zero-order valence-corrected chi connectivity index (χ0v) is 12.9. The van der Waals surface area contributed by atoms with Crippen molar-refractivity contribution in [1.82, 2.24) is 9.78 Å². The van der Waals surface area contributed by atoms with Crippen LogP contribution < -0.4 is 5.32 Å². The van der Waals surface area contributed by atoms with Gasteiger partial charge in [0.2, 0.25) is 5.91 Å². The molecule has 2 aromatic rings. The molecule has 0 saturated carbocycles. The lowest BCUT2D eigenvalue weighted by atomic mass is 10.1. The summed E-state index contributed by atoms with van der Waals surface area (Å²) >= 11 is 6.07. The van der Waals surface area contributed by atoms with E-state index in [-0.39, 0.29) is 12.3 Å². The smallest absolute Gasteiger partial charge is 0.228 e. The van der Waals surface area contributed by atoms with Crippen LogP contribution in [0.25, 0.3) is 0 Å². The fourth-order valence-electron chi connectivity index (χ4n) is 2.57. The van der Waals surface area contributed by atoms with Crippen LogP contribution in [-0.2, 0) is 16.0 Å². The minimum Gasteiger partial charge on any atom is -0.381 e. The van der Waals surface area contributed by atoms with Gasteiger partial charge in [-0.1, -0.05) is 29.8 Å². The van der Waals surface area contributed by atoms with Crippen LogP contribution in [0.15, 0.2) is 36.7 Å². The summed E-state index contributed by atoms with van der Waals surface area (Å²) < 4.78 is 7.26. The van der Waals surface area contributed by atoms with Gasteiger partial charge >= 0.3 is 0 Å². The maximum atomic E-state index is 12.1. The van der Waals surface area contributed by atoms with E-state index in [1.807, 2.05) is 29.1 Å². The number of carbonyl (C=O) groups is 1. The van der Waals surface area contributed by atoms with Crippen LogP contribution in [0.3, 0.4) is 0 Å². The van der Waals surface area contributed by atoms with Crippen LogP contribution >= 0.6 is 11.6 Å². The molecular weight excluding hydrogens is 302 g/mol. The van der Waals surface area contributed by atoms with Crippen LogP contribution in [-0.4, -0.2) is 28.9 Å². The number of halogens is 1. The number of anilines is 1. The number of amides is 1. The Morgan fingerprint density at radius 2 is 2.14 bits per heavy atom. The third kappa shape index (κ3) is 3.67. The van der Waals surface area contributed by atoms with Crippen LogP contribution in [0.2, 0.25) is 5.02 Å². The highest BCUT2D eigenvalue weighted by Crippen LogP contribution is 2.22. The van der Waals surface area contributed by atoms with E-state index in [9.17, 15) is 4.79 Å². The Labute approximate surface area is 134 Å². The van der Waals surface area contributed by atoms with Crippen molar-refractivity contribution in [2.75, 3.05) is 18.5 Å². The van der Waals surface area contributed by atoms with Crippen molar-refractivity contribution in [3.63, 3.8) is 0 Å². The molecule has 1 aromatic heterocycles. The minimum atomic E-state index is -0.0976. The fourth-order valence-corrected chi connectivity index (χ4v) is 2.77. The molecule has 1 aromatic carbocycles. The van der Waals surface area contributed by atoms with Crippen LogP contribution in [0, 0.1) is 0 Å². The largest absolute Gasteiger partial charge is 0.381 e. The topological polar surface area (TPSA) is 56.2 Å². The molecule has 1 aliphatic heterocycles. The lowest BCUT2D eigenvalue weighted by Gasteiger charge is -2.22. The summed E-state index contributed by atoms with van der Waals surface area (Å²) in [6.07, 6.45) is 5.71. The average Bonchev–Trinajstić information content (AvgIpc) is 2.99. The number of ether oxygens (including phenoxy) is 1. The van der Waals surface area contributed by atoms with E-state index >= 15 is 0 Å². The Hall–Kier alpha value is -1.85. The highest BCUT2D eigenvalue weighted by atomic mass is 35.5. The molecule has 3 rings (SSSR count). The maximum Gasteiger partial charge on any atom is 0.228 e. The highest BCUT2D eigenvalue weighted by Gasteiger charge is 2.17. The van der Waals surface area contributed by atoms with Crippen molar-refractivity contribution >= 4 is 23.2 Å². The van der Waals surface area contributed by atoms with Crippen molar-refractivity contribution in [3.8, 4) is 0 Å². The van der Waals surface area contributed by atoms with Gasteiger partial charge in [0.25, 0.3) is 0 Å². The van der Waals surface area contributed by atoms with Crippen molar-refractivity contribution < 1.29 is 9.53 Å². The molecule has 22 heavy (non-hydrogen) atoms. The molecule has 2 heterocycles. The van der Waals surface area contributed by atoms with Crippen molar-refractivity contribution in [2.45, 2.75) is 25.3 Å². The molecule has 0 spiro atoms. The summed E-state index contributed by atoms with van der Waals surface area (Å²) in [6.45, 7) is 1.53. The third-order valence-electron chi connectivity index (χ3n) is 3.76. The molecule has 0 bridgehead atoms. The first kappa shape index (κ1) is 15.1. The predicted molar refractivity (Wildman–Crippen MR) is 85.1 cm³/mol. The predicted octanol–water partition coefficient (Wildman–Crippen LogP) is 3.07. The van der Waals surface area contributed by atoms with Gasteiger partial charge in [-0.2, -0.15) is 5.10 Å². The third-order valence-corrected chi connectivity index (χ3v) is 4.13. The van der Waals surface area contributed by atoms with E-state index < -0.39 is 0 Å². The van der Waals surface area contributed by atoms with Gasteiger partial charge in [-0.3, -0.25) is 9.48 Å². The van der Waals surface area contributed by atoms with Crippen LogP contribution in [0.4, 0.5) is 5.69 Å². The van der Waals surface area contributed by atoms with E-state index in [0.717, 1.165) is 31.6 Å². The van der Waals surface area contributed by atoms with E-state index in [1.165, 1.54) is 0 Å². The number of carbonyl (C=O) groups excluding carboxylic acids is 1. The highest BCUT2D eigenvalue weighted by molar-refractivity contribution is 6.31. The Kier molecular flexibility index (Phi) is 4.75. The summed E-state index contributed by atoms with van der Waals surface area (Å²) in [5.41, 5.74) is 1.53. The lowest BCUT2D eigenvalue weighted by molar-refractivity contribution is -0.115. The first-order chi connectivity index (χ1) is 10.7. The Morgan fingerprint density at radius 3 is 2.91 bits per heavy atom. The normalized spacial score (nSPS) is 15.7. The molecule has 5 nitrogen and oxygen atoms in total. The van der Waals surface area contributed by atoms with Gasteiger partial charge in [-0.25, -0.2) is 0 Å². The van der Waals surface area contributed by atoms with Gasteiger partial charge in [0.15, 0.2) is 0 Å². The molecule has 1 saturated heterocycles. The van der Waals surface area contributed by atoms with Gasteiger partial charge in [0.05, 0.1) is 24.3 Å². The second-order valence-corrected chi connectivity index (χ2v) is 5.78. The zero-order chi connectivity index (χ0) is 15.4. The Morgan fingerprint density at radius 1 is 1.36 bits per heavy atom. The minimum absolute atomic E-state index is 0.0976. The van der Waals surface area contributed by atoms with Gasteiger partial charge in [-0.15, -0.1) is 0 Å². The monoisotopic (exact) mass is 319 g/mol. The van der Waals surface area contributed by atoms with Gasteiger partial charge in [-0.05, 0) is 24.5 Å². The van der Waals surface area contributed by atoms with Gasteiger partial charge in [0.1, 0.15) is 0 Å². The number of benzene rings is 1. The second-order valence-electron chi connectivity index (χ2n) is 5.37. The number of rotatable bonds is 4. The zero-order valence-electron chi connectivity index (χ0n) is 12.2. The Bertz CT molecular complexity index is 650. The van der Waals surface area contributed by atoms with Crippen molar-refractivity contribution in [2.24, 2.45) is 0 Å². The quantitative estimate of drug-likeness (QED) is 0.942. The molecule has 0 aliphatic carbocycles. The van der Waals surface area contributed by atoms with Crippen LogP contribution in [0.1, 0.15) is 24.4 Å². The molecular formula is C16H18ClN3O2. The molecule has 0 unspecified atom stereocenters. The molecule has 0 radical (unpaired) electrons. The van der Waals surface area contributed by atoms with E-state index in [4.69, 9.17) is 16.3 Å². The number of nitrogens with zero attached hydrogens (tertiary/aromatic N) is 2. The first-order valence-electron chi connectivity index (χ1n) is 7.37. The second kappa shape index (κ2) is 6.94. The fraction of sp³-hybridized carbons (Fsp3) is 0.375.